The molecule has 1 saturated heterocycles. The molecule has 0 unspecified atom stereocenters. The number of pyridine rings is 1. The molecule has 3 heterocycles. The van der Waals surface area contributed by atoms with Crippen molar-refractivity contribution >= 4 is 17.6 Å². The highest BCUT2D eigenvalue weighted by Gasteiger charge is 2.31. The summed E-state index contributed by atoms with van der Waals surface area (Å²) in [5, 5.41) is 0. The molecule has 1 aliphatic carbocycles. The van der Waals surface area contributed by atoms with Crippen LogP contribution in [0.2, 0.25) is 0 Å². The van der Waals surface area contributed by atoms with Gasteiger partial charge in [-0.1, -0.05) is 0 Å². The summed E-state index contributed by atoms with van der Waals surface area (Å²) in [6.07, 6.45) is 4.87. The number of aromatic nitrogens is 1. The standard InChI is InChI=1S/C15H21N3S/c1-17-4-5-18-14(8-17)10-19-9-13-6-12(11-2-3-11)7-16-15(13)18/h6-7,11,14H,2-5,8-10H2,1H3/t14-/m0/s1. The van der Waals surface area contributed by atoms with E-state index in [0.29, 0.717) is 6.04 Å². The number of hydrogen-bond donors (Lipinski definition) is 0. The molecule has 0 aromatic carbocycles. The average Bonchev–Trinajstić information content (AvgIpc) is 3.24. The van der Waals surface area contributed by atoms with E-state index in [1.165, 1.54) is 42.1 Å². The Morgan fingerprint density at radius 2 is 2.21 bits per heavy atom. The van der Waals surface area contributed by atoms with Gasteiger partial charge in [0.1, 0.15) is 5.82 Å². The molecule has 0 amide bonds. The van der Waals surface area contributed by atoms with Gasteiger partial charge in [0, 0.05) is 42.9 Å². The van der Waals surface area contributed by atoms with Gasteiger partial charge < -0.3 is 9.80 Å². The molecule has 0 radical (unpaired) electrons. The number of anilines is 1. The fraction of sp³-hybridized carbons (Fsp3) is 0.667. The van der Waals surface area contributed by atoms with Crippen LogP contribution in [0.5, 0.6) is 0 Å². The van der Waals surface area contributed by atoms with E-state index in [2.05, 4.69) is 40.9 Å². The van der Waals surface area contributed by atoms with Crippen LogP contribution in [-0.4, -0.2) is 48.4 Å². The Hall–Kier alpha value is -0.740. The zero-order chi connectivity index (χ0) is 12.8. The molecule has 19 heavy (non-hydrogen) atoms. The summed E-state index contributed by atoms with van der Waals surface area (Å²) in [7, 11) is 2.23. The number of rotatable bonds is 1. The van der Waals surface area contributed by atoms with E-state index in [9.17, 15) is 0 Å². The maximum absolute atomic E-state index is 4.84. The predicted molar refractivity (Wildman–Crippen MR) is 81.0 cm³/mol. The minimum absolute atomic E-state index is 0.643. The molecule has 1 atom stereocenters. The van der Waals surface area contributed by atoms with Gasteiger partial charge in [0.2, 0.25) is 0 Å². The maximum Gasteiger partial charge on any atom is 0.132 e. The first-order chi connectivity index (χ1) is 9.31. The van der Waals surface area contributed by atoms with E-state index in [0.717, 1.165) is 24.8 Å². The summed E-state index contributed by atoms with van der Waals surface area (Å²) < 4.78 is 0. The predicted octanol–water partition coefficient (Wildman–Crippen LogP) is 2.33. The fourth-order valence-electron chi connectivity index (χ4n) is 3.26. The van der Waals surface area contributed by atoms with Gasteiger partial charge in [-0.2, -0.15) is 11.8 Å². The molecule has 3 aliphatic rings. The largest absolute Gasteiger partial charge is 0.350 e. The van der Waals surface area contributed by atoms with Crippen LogP contribution < -0.4 is 4.90 Å². The third-order valence-corrected chi connectivity index (χ3v) is 5.67. The first kappa shape index (κ1) is 12.0. The van der Waals surface area contributed by atoms with Crippen molar-refractivity contribution in [1.82, 2.24) is 9.88 Å². The monoisotopic (exact) mass is 275 g/mol. The number of fused-ring (bicyclic) bond motifs is 3. The summed E-state index contributed by atoms with van der Waals surface area (Å²) in [6, 6.07) is 3.08. The normalized spacial score (nSPS) is 27.6. The molecule has 0 bridgehead atoms. The van der Waals surface area contributed by atoms with E-state index < -0.39 is 0 Å². The van der Waals surface area contributed by atoms with Crippen molar-refractivity contribution < 1.29 is 0 Å². The van der Waals surface area contributed by atoms with Crippen LogP contribution in [0.4, 0.5) is 5.82 Å². The quantitative estimate of drug-likeness (QED) is 0.783. The third-order valence-electron chi connectivity index (χ3n) is 4.54. The van der Waals surface area contributed by atoms with Gasteiger partial charge >= 0.3 is 0 Å². The molecule has 1 aromatic heterocycles. The van der Waals surface area contributed by atoms with Crippen molar-refractivity contribution in [1.29, 1.82) is 0 Å². The highest BCUT2D eigenvalue weighted by Crippen LogP contribution is 2.42. The Morgan fingerprint density at radius 1 is 1.32 bits per heavy atom. The average molecular weight is 275 g/mol. The lowest BCUT2D eigenvalue weighted by molar-refractivity contribution is 0.277. The van der Waals surface area contributed by atoms with Crippen LogP contribution in [0.1, 0.15) is 29.9 Å². The minimum Gasteiger partial charge on any atom is -0.350 e. The molecule has 1 saturated carbocycles. The molecule has 4 heteroatoms. The van der Waals surface area contributed by atoms with E-state index in [4.69, 9.17) is 4.98 Å². The van der Waals surface area contributed by atoms with Gasteiger partial charge in [0.15, 0.2) is 0 Å². The van der Waals surface area contributed by atoms with Crippen molar-refractivity contribution in [3.8, 4) is 0 Å². The summed E-state index contributed by atoms with van der Waals surface area (Å²) in [6.45, 7) is 3.47. The van der Waals surface area contributed by atoms with Gasteiger partial charge in [-0.3, -0.25) is 0 Å². The van der Waals surface area contributed by atoms with Gasteiger partial charge in [0.05, 0.1) is 6.04 Å². The lowest BCUT2D eigenvalue weighted by atomic mass is 10.1. The number of thioether (sulfide) groups is 1. The topological polar surface area (TPSA) is 19.4 Å². The molecule has 102 valence electrons. The van der Waals surface area contributed by atoms with Gasteiger partial charge in [-0.15, -0.1) is 0 Å². The Kier molecular flexibility index (Phi) is 2.96. The Bertz CT molecular complexity index is 486. The van der Waals surface area contributed by atoms with E-state index in [1.54, 1.807) is 0 Å². The maximum atomic E-state index is 4.84. The number of nitrogens with zero attached hydrogens (tertiary/aromatic N) is 3. The second-order valence-electron chi connectivity index (χ2n) is 6.15. The summed E-state index contributed by atoms with van der Waals surface area (Å²) in [5.74, 6) is 4.46. The Balaban J connectivity index is 1.68. The summed E-state index contributed by atoms with van der Waals surface area (Å²) in [5.41, 5.74) is 2.95. The summed E-state index contributed by atoms with van der Waals surface area (Å²) >= 11 is 2.08. The molecule has 1 aromatic rings. The van der Waals surface area contributed by atoms with E-state index in [1.807, 2.05) is 0 Å². The molecule has 4 rings (SSSR count). The molecular weight excluding hydrogens is 254 g/mol. The van der Waals surface area contributed by atoms with Crippen molar-refractivity contribution in [2.24, 2.45) is 0 Å². The van der Waals surface area contributed by atoms with Crippen molar-refractivity contribution in [3.05, 3.63) is 23.4 Å². The van der Waals surface area contributed by atoms with Crippen molar-refractivity contribution in [3.63, 3.8) is 0 Å². The number of likely N-dealkylation sites (N-methyl/N-ethyl adjacent to an activating group) is 1. The zero-order valence-corrected chi connectivity index (χ0v) is 12.3. The van der Waals surface area contributed by atoms with Crippen molar-refractivity contribution in [2.45, 2.75) is 30.6 Å². The van der Waals surface area contributed by atoms with Gasteiger partial charge in [0.25, 0.3) is 0 Å². The lowest BCUT2D eigenvalue weighted by Gasteiger charge is -2.40. The van der Waals surface area contributed by atoms with Crippen LogP contribution in [0, 0.1) is 0 Å². The Morgan fingerprint density at radius 3 is 3.05 bits per heavy atom. The molecule has 2 fully saturated rings. The smallest absolute Gasteiger partial charge is 0.132 e. The van der Waals surface area contributed by atoms with E-state index in [-0.39, 0.29) is 0 Å². The first-order valence-electron chi connectivity index (χ1n) is 7.33. The SMILES string of the molecule is CN1CCN2c3ncc(C4CC4)cc3CSC[C@@H]2C1. The molecular formula is C15H21N3S. The molecule has 2 aliphatic heterocycles. The highest BCUT2D eigenvalue weighted by molar-refractivity contribution is 7.98. The van der Waals surface area contributed by atoms with E-state index >= 15 is 0 Å². The number of hydrogen-bond acceptors (Lipinski definition) is 4. The first-order valence-corrected chi connectivity index (χ1v) is 8.48. The van der Waals surface area contributed by atoms with Gasteiger partial charge in [-0.05, 0) is 37.4 Å². The second kappa shape index (κ2) is 4.67. The zero-order valence-electron chi connectivity index (χ0n) is 11.5. The Labute approximate surface area is 119 Å². The highest BCUT2D eigenvalue weighted by atomic mass is 32.2. The van der Waals surface area contributed by atoms with Crippen LogP contribution in [0.3, 0.4) is 0 Å². The molecule has 0 N–H and O–H groups in total. The number of piperazine rings is 1. The minimum atomic E-state index is 0.643. The van der Waals surface area contributed by atoms with Crippen LogP contribution >= 0.6 is 11.8 Å². The fourth-order valence-corrected chi connectivity index (χ4v) is 4.37. The third kappa shape index (κ3) is 2.25. The van der Waals surface area contributed by atoms with Crippen molar-refractivity contribution in [2.75, 3.05) is 37.3 Å². The second-order valence-corrected chi connectivity index (χ2v) is 7.18. The van der Waals surface area contributed by atoms with Crippen LogP contribution in [0.15, 0.2) is 12.3 Å². The van der Waals surface area contributed by atoms with Crippen LogP contribution in [-0.2, 0) is 5.75 Å². The van der Waals surface area contributed by atoms with Crippen LogP contribution in [0.25, 0.3) is 0 Å². The summed E-state index contributed by atoms with van der Waals surface area (Å²) in [4.78, 5) is 9.86. The van der Waals surface area contributed by atoms with Gasteiger partial charge in [-0.25, -0.2) is 4.98 Å². The molecule has 0 spiro atoms. The molecule has 3 nitrogen and oxygen atoms in total. The lowest BCUT2D eigenvalue weighted by Crippen LogP contribution is -2.53.